The Hall–Kier alpha value is -1.76. The Bertz CT molecular complexity index is 356. The first kappa shape index (κ1) is 14.2. The molecule has 0 bridgehead atoms. The van der Waals surface area contributed by atoms with Gasteiger partial charge in [-0.15, -0.1) is 0 Å². The fourth-order valence-corrected chi connectivity index (χ4v) is 1.16. The molecule has 0 atom stereocenters. The van der Waals surface area contributed by atoms with Crippen molar-refractivity contribution in [3.05, 3.63) is 60.7 Å². The Balaban J connectivity index is 0.00000106. The highest BCUT2D eigenvalue weighted by Crippen LogP contribution is 2.16. The summed E-state index contributed by atoms with van der Waals surface area (Å²) in [6, 6.07) is 7.77. The molecule has 2 N–H and O–H groups in total. The number of nitrogens with two attached hydrogens (primary N) is 1. The molecule has 0 fully saturated rings. The Morgan fingerprint density at radius 2 is 1.75 bits per heavy atom. The van der Waals surface area contributed by atoms with Crippen molar-refractivity contribution in [1.82, 2.24) is 0 Å². The smallest absolute Gasteiger partial charge is 0.0314 e. The summed E-state index contributed by atoms with van der Waals surface area (Å²) in [6.45, 7) is 9.77. The highest BCUT2D eigenvalue weighted by molar-refractivity contribution is 5.75. The summed E-state index contributed by atoms with van der Waals surface area (Å²) in [6.07, 6.45) is 7.85. The van der Waals surface area contributed by atoms with E-state index < -0.39 is 0 Å². The first-order valence-corrected chi connectivity index (χ1v) is 5.59. The van der Waals surface area contributed by atoms with Gasteiger partial charge in [0.15, 0.2) is 0 Å². The van der Waals surface area contributed by atoms with Crippen molar-refractivity contribution >= 4 is 11.3 Å². The summed E-state index contributed by atoms with van der Waals surface area (Å²) in [5, 5.41) is 0. The maximum absolute atomic E-state index is 5.61. The number of anilines is 1. The summed E-state index contributed by atoms with van der Waals surface area (Å²) in [5.41, 5.74) is 8.62. The summed E-state index contributed by atoms with van der Waals surface area (Å²) in [5.74, 6) is 0. The molecule has 0 radical (unpaired) electrons. The van der Waals surface area contributed by atoms with E-state index in [0.717, 1.165) is 16.8 Å². The fraction of sp³-hybridized carbons (Fsp3) is 0.200. The lowest BCUT2D eigenvalue weighted by Crippen LogP contribution is -1.85. The minimum Gasteiger partial charge on any atom is -0.399 e. The van der Waals surface area contributed by atoms with Gasteiger partial charge < -0.3 is 5.73 Å². The molecule has 0 amide bonds. The predicted molar refractivity (Wildman–Crippen MR) is 75.2 cm³/mol. The average Bonchev–Trinajstić information content (AvgIpc) is 2.35. The van der Waals surface area contributed by atoms with Crippen LogP contribution in [-0.4, -0.2) is 0 Å². The standard InChI is InChI=1S/C13H15N.C2H6/c1-3-5-6-11(4-2)12-7-9-13(14)10-8-12;1-2/h3-10H,2,14H2,1H3;1-2H3/b5-3-,11-6+;. The van der Waals surface area contributed by atoms with Crippen molar-refractivity contribution in [3.8, 4) is 0 Å². The van der Waals surface area contributed by atoms with Gasteiger partial charge in [-0.1, -0.05) is 56.9 Å². The monoisotopic (exact) mass is 215 g/mol. The number of allylic oxidation sites excluding steroid dienone is 5. The zero-order valence-corrected chi connectivity index (χ0v) is 10.4. The molecule has 1 aromatic carbocycles. The molecule has 0 aliphatic heterocycles. The Labute approximate surface area is 99.0 Å². The molecule has 0 aliphatic carbocycles. The maximum atomic E-state index is 5.61. The van der Waals surface area contributed by atoms with Crippen LogP contribution in [0.25, 0.3) is 5.57 Å². The van der Waals surface area contributed by atoms with Crippen molar-refractivity contribution in [2.75, 3.05) is 5.73 Å². The molecule has 0 aromatic heterocycles. The third kappa shape index (κ3) is 4.65. The average molecular weight is 215 g/mol. The number of hydrogen-bond donors (Lipinski definition) is 1. The Morgan fingerprint density at radius 1 is 1.19 bits per heavy atom. The largest absolute Gasteiger partial charge is 0.399 e. The van der Waals surface area contributed by atoms with Crippen LogP contribution in [0.3, 0.4) is 0 Å². The molecule has 16 heavy (non-hydrogen) atoms. The first-order chi connectivity index (χ1) is 7.77. The molecule has 1 rings (SSSR count). The van der Waals surface area contributed by atoms with Gasteiger partial charge in [0, 0.05) is 5.69 Å². The lowest BCUT2D eigenvalue weighted by molar-refractivity contribution is 1.50. The van der Waals surface area contributed by atoms with Crippen molar-refractivity contribution in [3.63, 3.8) is 0 Å². The van der Waals surface area contributed by atoms with E-state index in [1.807, 2.05) is 69.3 Å². The highest BCUT2D eigenvalue weighted by atomic mass is 14.5. The van der Waals surface area contributed by atoms with Gasteiger partial charge in [0.05, 0.1) is 0 Å². The van der Waals surface area contributed by atoms with E-state index in [1.54, 1.807) is 0 Å². The van der Waals surface area contributed by atoms with Crippen molar-refractivity contribution in [2.45, 2.75) is 20.8 Å². The van der Waals surface area contributed by atoms with E-state index in [4.69, 9.17) is 5.73 Å². The minimum atomic E-state index is 0.781. The molecule has 0 saturated carbocycles. The number of nitrogen functional groups attached to an aromatic ring is 1. The van der Waals surface area contributed by atoms with Gasteiger partial charge in [0.2, 0.25) is 0 Å². The lowest BCUT2D eigenvalue weighted by Gasteiger charge is -2.01. The first-order valence-electron chi connectivity index (χ1n) is 5.59. The van der Waals surface area contributed by atoms with Gasteiger partial charge in [0.25, 0.3) is 0 Å². The fourth-order valence-electron chi connectivity index (χ4n) is 1.16. The second-order valence-electron chi connectivity index (χ2n) is 2.97. The summed E-state index contributed by atoms with van der Waals surface area (Å²) in [4.78, 5) is 0. The summed E-state index contributed by atoms with van der Waals surface area (Å²) >= 11 is 0. The molecule has 0 unspecified atom stereocenters. The van der Waals surface area contributed by atoms with E-state index in [2.05, 4.69) is 6.58 Å². The van der Waals surface area contributed by atoms with Crippen molar-refractivity contribution < 1.29 is 0 Å². The van der Waals surface area contributed by atoms with Crippen LogP contribution in [0.5, 0.6) is 0 Å². The molecule has 0 saturated heterocycles. The quantitative estimate of drug-likeness (QED) is 0.585. The molecule has 0 spiro atoms. The van der Waals surface area contributed by atoms with E-state index in [0.29, 0.717) is 0 Å². The van der Waals surface area contributed by atoms with E-state index in [1.165, 1.54) is 0 Å². The van der Waals surface area contributed by atoms with Gasteiger partial charge in [-0.25, -0.2) is 0 Å². The third-order valence-corrected chi connectivity index (χ3v) is 1.93. The van der Waals surface area contributed by atoms with Crippen LogP contribution in [0.4, 0.5) is 5.69 Å². The normalized spacial score (nSPS) is 10.8. The van der Waals surface area contributed by atoms with Crippen LogP contribution in [0.1, 0.15) is 26.3 Å². The molecule has 1 nitrogen and oxygen atoms in total. The molecule has 1 aromatic rings. The third-order valence-electron chi connectivity index (χ3n) is 1.93. The SMILES string of the molecule is C=C/C(=C\C=C/C)c1ccc(N)cc1.CC. The van der Waals surface area contributed by atoms with Crippen molar-refractivity contribution in [2.24, 2.45) is 0 Å². The predicted octanol–water partition coefficient (Wildman–Crippen LogP) is 4.44. The highest BCUT2D eigenvalue weighted by Gasteiger charge is 1.94. The lowest BCUT2D eigenvalue weighted by atomic mass is 10.1. The zero-order valence-electron chi connectivity index (χ0n) is 10.4. The van der Waals surface area contributed by atoms with Crippen LogP contribution in [0, 0.1) is 0 Å². The minimum absolute atomic E-state index is 0.781. The van der Waals surface area contributed by atoms with Crippen LogP contribution in [-0.2, 0) is 0 Å². The zero-order chi connectivity index (χ0) is 12.4. The molecular formula is C15H21N. The van der Waals surface area contributed by atoms with Gasteiger partial charge >= 0.3 is 0 Å². The number of rotatable bonds is 3. The molecule has 0 heterocycles. The number of benzene rings is 1. The molecule has 86 valence electrons. The van der Waals surface area contributed by atoms with Gasteiger partial charge in [0.1, 0.15) is 0 Å². The summed E-state index contributed by atoms with van der Waals surface area (Å²) < 4.78 is 0. The van der Waals surface area contributed by atoms with Crippen LogP contribution < -0.4 is 5.73 Å². The van der Waals surface area contributed by atoms with Crippen LogP contribution in [0.15, 0.2) is 55.1 Å². The van der Waals surface area contributed by atoms with Crippen LogP contribution >= 0.6 is 0 Å². The molecular weight excluding hydrogens is 194 g/mol. The molecule has 0 aliphatic rings. The van der Waals surface area contributed by atoms with Crippen molar-refractivity contribution in [1.29, 1.82) is 0 Å². The van der Waals surface area contributed by atoms with E-state index >= 15 is 0 Å². The maximum Gasteiger partial charge on any atom is 0.0314 e. The van der Waals surface area contributed by atoms with Gasteiger partial charge in [-0.3, -0.25) is 0 Å². The Kier molecular flexibility index (Phi) is 7.60. The number of hydrogen-bond acceptors (Lipinski definition) is 1. The van der Waals surface area contributed by atoms with Crippen LogP contribution in [0.2, 0.25) is 0 Å². The molecule has 1 heteroatoms. The topological polar surface area (TPSA) is 26.0 Å². The summed E-state index contributed by atoms with van der Waals surface area (Å²) in [7, 11) is 0. The second kappa shape index (κ2) is 8.54. The van der Waals surface area contributed by atoms with Gasteiger partial charge in [-0.05, 0) is 30.2 Å². The van der Waals surface area contributed by atoms with E-state index in [9.17, 15) is 0 Å². The van der Waals surface area contributed by atoms with Gasteiger partial charge in [-0.2, -0.15) is 0 Å². The Morgan fingerprint density at radius 3 is 2.19 bits per heavy atom. The second-order valence-corrected chi connectivity index (χ2v) is 2.97. The van der Waals surface area contributed by atoms with E-state index in [-0.39, 0.29) is 0 Å².